The van der Waals surface area contributed by atoms with Gasteiger partial charge in [0.15, 0.2) is 5.82 Å². The summed E-state index contributed by atoms with van der Waals surface area (Å²) in [6.07, 6.45) is 6.89. The van der Waals surface area contributed by atoms with Crippen molar-refractivity contribution in [2.45, 2.75) is 31.1 Å². The van der Waals surface area contributed by atoms with Gasteiger partial charge in [-0.25, -0.2) is 9.97 Å². The zero-order valence-electron chi connectivity index (χ0n) is 10.5. The zero-order valence-corrected chi connectivity index (χ0v) is 10.5. The van der Waals surface area contributed by atoms with Crippen molar-refractivity contribution < 1.29 is 9.26 Å². The van der Waals surface area contributed by atoms with Crippen LogP contribution in [0.1, 0.15) is 42.7 Å². The van der Waals surface area contributed by atoms with E-state index in [4.69, 9.17) is 9.26 Å². The lowest BCUT2D eigenvalue weighted by molar-refractivity contribution is 0.192. The predicted molar refractivity (Wildman–Crippen MR) is 65.5 cm³/mol. The van der Waals surface area contributed by atoms with Gasteiger partial charge in [0.2, 0.25) is 0 Å². The SMILES string of the molecule is c1nc(C2CC2)ncc1-c1nc([C@@H]2CCOC2)no1. The molecule has 2 aliphatic rings. The van der Waals surface area contributed by atoms with Crippen LogP contribution in [0.15, 0.2) is 16.9 Å². The van der Waals surface area contributed by atoms with E-state index in [2.05, 4.69) is 20.1 Å². The summed E-state index contributed by atoms with van der Waals surface area (Å²) < 4.78 is 10.6. The highest BCUT2D eigenvalue weighted by Gasteiger charge is 2.27. The Morgan fingerprint density at radius 2 is 1.84 bits per heavy atom. The van der Waals surface area contributed by atoms with Crippen LogP contribution in [0.5, 0.6) is 0 Å². The van der Waals surface area contributed by atoms with Gasteiger partial charge in [-0.1, -0.05) is 5.16 Å². The molecule has 1 atom stereocenters. The van der Waals surface area contributed by atoms with E-state index in [9.17, 15) is 0 Å². The maximum Gasteiger partial charge on any atom is 0.261 e. The van der Waals surface area contributed by atoms with Crippen molar-refractivity contribution in [1.82, 2.24) is 20.1 Å². The Morgan fingerprint density at radius 3 is 2.53 bits per heavy atom. The average Bonchev–Trinajstić information content (AvgIpc) is 2.96. The number of rotatable bonds is 3. The Kier molecular flexibility index (Phi) is 2.55. The van der Waals surface area contributed by atoms with Crippen molar-refractivity contribution in [2.24, 2.45) is 0 Å². The summed E-state index contributed by atoms with van der Waals surface area (Å²) in [6.45, 7) is 1.45. The fourth-order valence-electron chi connectivity index (χ4n) is 2.26. The van der Waals surface area contributed by atoms with E-state index in [-0.39, 0.29) is 5.92 Å². The van der Waals surface area contributed by atoms with E-state index >= 15 is 0 Å². The largest absolute Gasteiger partial charge is 0.381 e. The van der Waals surface area contributed by atoms with E-state index in [0.717, 1.165) is 30.2 Å². The van der Waals surface area contributed by atoms with Crippen molar-refractivity contribution in [2.75, 3.05) is 13.2 Å². The lowest BCUT2D eigenvalue weighted by atomic mass is 10.1. The molecule has 2 fully saturated rings. The summed E-state index contributed by atoms with van der Waals surface area (Å²) in [6, 6.07) is 0. The molecule has 0 unspecified atom stereocenters. The van der Waals surface area contributed by atoms with Gasteiger partial charge in [0.25, 0.3) is 5.89 Å². The van der Waals surface area contributed by atoms with Gasteiger partial charge in [0, 0.05) is 30.8 Å². The predicted octanol–water partition coefficient (Wildman–Crippen LogP) is 1.91. The topological polar surface area (TPSA) is 73.9 Å². The van der Waals surface area contributed by atoms with Crippen molar-refractivity contribution in [3.05, 3.63) is 24.0 Å². The highest BCUT2D eigenvalue weighted by atomic mass is 16.5. The molecule has 1 saturated carbocycles. The van der Waals surface area contributed by atoms with Crippen LogP contribution in [0.4, 0.5) is 0 Å². The van der Waals surface area contributed by atoms with Gasteiger partial charge in [-0.3, -0.25) is 0 Å². The number of aromatic nitrogens is 4. The summed E-state index contributed by atoms with van der Waals surface area (Å²) in [4.78, 5) is 13.1. The van der Waals surface area contributed by atoms with E-state index in [0.29, 0.717) is 18.4 Å². The summed E-state index contributed by atoms with van der Waals surface area (Å²) in [5.74, 6) is 2.95. The molecule has 0 amide bonds. The van der Waals surface area contributed by atoms with Crippen LogP contribution in [0.3, 0.4) is 0 Å². The molecule has 4 rings (SSSR count). The number of hydrogen-bond donors (Lipinski definition) is 0. The Hall–Kier alpha value is -1.82. The quantitative estimate of drug-likeness (QED) is 0.837. The third kappa shape index (κ3) is 2.12. The molecule has 0 aromatic carbocycles. The normalized spacial score (nSPS) is 22.8. The zero-order chi connectivity index (χ0) is 12.7. The van der Waals surface area contributed by atoms with Gasteiger partial charge in [-0.05, 0) is 19.3 Å². The average molecular weight is 258 g/mol. The first-order valence-electron chi connectivity index (χ1n) is 6.64. The molecule has 6 nitrogen and oxygen atoms in total. The smallest absolute Gasteiger partial charge is 0.261 e. The van der Waals surface area contributed by atoms with Crippen molar-refractivity contribution >= 4 is 0 Å². The second-order valence-electron chi connectivity index (χ2n) is 5.12. The summed E-state index contributed by atoms with van der Waals surface area (Å²) in [7, 11) is 0. The van der Waals surface area contributed by atoms with E-state index < -0.39 is 0 Å². The Bertz CT molecular complexity index is 571. The summed E-state index contributed by atoms with van der Waals surface area (Å²) >= 11 is 0. The van der Waals surface area contributed by atoms with Crippen molar-refractivity contribution in [1.29, 1.82) is 0 Å². The van der Waals surface area contributed by atoms with Crippen LogP contribution in [-0.2, 0) is 4.74 Å². The molecule has 1 saturated heterocycles. The van der Waals surface area contributed by atoms with Gasteiger partial charge in [0.1, 0.15) is 5.82 Å². The summed E-state index contributed by atoms with van der Waals surface area (Å²) in [5, 5.41) is 4.02. The lowest BCUT2D eigenvalue weighted by Gasteiger charge is -1.98. The molecule has 98 valence electrons. The number of nitrogens with zero attached hydrogens (tertiary/aromatic N) is 4. The molecule has 0 bridgehead atoms. The van der Waals surface area contributed by atoms with Crippen LogP contribution in [0.2, 0.25) is 0 Å². The number of ether oxygens (including phenoxy) is 1. The molecule has 6 heteroatoms. The molecule has 1 aliphatic heterocycles. The maximum atomic E-state index is 5.33. The molecule has 0 spiro atoms. The van der Waals surface area contributed by atoms with E-state index in [1.54, 1.807) is 12.4 Å². The monoisotopic (exact) mass is 258 g/mol. The van der Waals surface area contributed by atoms with Crippen molar-refractivity contribution in [3.8, 4) is 11.5 Å². The second kappa shape index (κ2) is 4.38. The summed E-state index contributed by atoms with van der Waals surface area (Å²) in [5.41, 5.74) is 0.780. The molecule has 1 aliphatic carbocycles. The van der Waals surface area contributed by atoms with E-state index in [1.807, 2.05) is 0 Å². The van der Waals surface area contributed by atoms with E-state index in [1.165, 1.54) is 12.8 Å². The molecule has 2 aromatic heterocycles. The lowest BCUT2D eigenvalue weighted by Crippen LogP contribution is -1.99. The van der Waals surface area contributed by atoms with Gasteiger partial charge in [-0.2, -0.15) is 4.98 Å². The molecule has 0 radical (unpaired) electrons. The Labute approximate surface area is 110 Å². The van der Waals surface area contributed by atoms with Crippen LogP contribution in [0.25, 0.3) is 11.5 Å². The van der Waals surface area contributed by atoms with Crippen LogP contribution < -0.4 is 0 Å². The minimum absolute atomic E-state index is 0.254. The van der Waals surface area contributed by atoms with Crippen LogP contribution >= 0.6 is 0 Å². The first-order valence-corrected chi connectivity index (χ1v) is 6.64. The van der Waals surface area contributed by atoms with Crippen LogP contribution in [0, 0.1) is 0 Å². The van der Waals surface area contributed by atoms with Gasteiger partial charge in [-0.15, -0.1) is 0 Å². The Morgan fingerprint density at radius 1 is 1.00 bits per heavy atom. The molecular formula is C13H14N4O2. The first kappa shape index (κ1) is 11.0. The third-order valence-electron chi connectivity index (χ3n) is 3.60. The highest BCUT2D eigenvalue weighted by molar-refractivity contribution is 5.49. The first-order chi connectivity index (χ1) is 9.40. The van der Waals surface area contributed by atoms with Gasteiger partial charge in [0.05, 0.1) is 12.2 Å². The van der Waals surface area contributed by atoms with Gasteiger partial charge >= 0.3 is 0 Å². The fraction of sp³-hybridized carbons (Fsp3) is 0.538. The second-order valence-corrected chi connectivity index (χ2v) is 5.12. The Balaban J connectivity index is 1.57. The molecule has 0 N–H and O–H groups in total. The minimum atomic E-state index is 0.254. The minimum Gasteiger partial charge on any atom is -0.381 e. The number of hydrogen-bond acceptors (Lipinski definition) is 6. The van der Waals surface area contributed by atoms with Crippen molar-refractivity contribution in [3.63, 3.8) is 0 Å². The maximum absolute atomic E-state index is 5.33. The molecular weight excluding hydrogens is 244 g/mol. The molecule has 19 heavy (non-hydrogen) atoms. The highest BCUT2D eigenvalue weighted by Crippen LogP contribution is 2.37. The van der Waals surface area contributed by atoms with Gasteiger partial charge < -0.3 is 9.26 Å². The van der Waals surface area contributed by atoms with Crippen LogP contribution in [-0.4, -0.2) is 33.3 Å². The molecule has 2 aromatic rings. The molecule has 3 heterocycles. The fourth-order valence-corrected chi connectivity index (χ4v) is 2.26. The standard InChI is InChI=1S/C13H14N4O2/c1-2-8(1)11-14-5-10(6-15-11)13-16-12(17-19-13)9-3-4-18-7-9/h5-6,8-9H,1-4,7H2/t9-/m1/s1. The third-order valence-corrected chi connectivity index (χ3v) is 3.60.